The minimum atomic E-state index is -0.0548. The molecule has 6 aliphatic rings. The van der Waals surface area contributed by atoms with E-state index in [1.165, 1.54) is 44.9 Å². The van der Waals surface area contributed by atoms with Crippen LogP contribution >= 0.6 is 0 Å². The van der Waals surface area contributed by atoms with Gasteiger partial charge in [-0.1, -0.05) is 6.42 Å². The van der Waals surface area contributed by atoms with Gasteiger partial charge in [-0.15, -0.1) is 0 Å². The number of hydrogen-bond acceptors (Lipinski definition) is 2. The van der Waals surface area contributed by atoms with Crippen molar-refractivity contribution in [1.29, 1.82) is 0 Å². The summed E-state index contributed by atoms with van der Waals surface area (Å²) in [7, 11) is 0. The summed E-state index contributed by atoms with van der Waals surface area (Å²) in [6.07, 6.45) is 15.2. The van der Waals surface area contributed by atoms with Gasteiger partial charge < -0.3 is 0 Å². The standard InChI is InChI=1S/C19H28N2O/c22-18(21-20-11-17-7-12-1-2-16(17)6-12)19-8-13-3-14(9-19)5-15(4-13)10-19/h11-17H,1-10H2,(H,21,22)/b20-11-/t12-,13?,14?,15?,16-,17-,19?/m1/s1. The Morgan fingerprint density at radius 3 is 2.14 bits per heavy atom. The highest BCUT2D eigenvalue weighted by Gasteiger charge is 2.54. The number of carbonyl (C=O) groups is 1. The summed E-state index contributed by atoms with van der Waals surface area (Å²) in [5, 5.41) is 4.40. The Balaban J connectivity index is 1.24. The summed E-state index contributed by atoms with van der Waals surface area (Å²) in [5.41, 5.74) is 2.90. The van der Waals surface area contributed by atoms with Gasteiger partial charge in [-0.3, -0.25) is 4.79 Å². The fourth-order valence-electron chi connectivity index (χ4n) is 7.18. The number of hydrazone groups is 1. The van der Waals surface area contributed by atoms with Crippen LogP contribution in [0.1, 0.15) is 64.2 Å². The molecule has 6 saturated carbocycles. The second-order valence-electron chi connectivity index (χ2n) is 9.26. The third-order valence-corrected chi connectivity index (χ3v) is 7.74. The Labute approximate surface area is 133 Å². The fourth-order valence-corrected chi connectivity index (χ4v) is 7.18. The van der Waals surface area contributed by atoms with Crippen LogP contribution in [0.4, 0.5) is 0 Å². The van der Waals surface area contributed by atoms with Gasteiger partial charge in [-0.2, -0.15) is 5.10 Å². The number of nitrogens with one attached hydrogen (secondary N) is 1. The van der Waals surface area contributed by atoms with Crippen molar-refractivity contribution in [3.8, 4) is 0 Å². The molecule has 0 aromatic carbocycles. The molecule has 0 aliphatic heterocycles. The zero-order valence-corrected chi connectivity index (χ0v) is 13.5. The molecule has 6 bridgehead atoms. The van der Waals surface area contributed by atoms with Gasteiger partial charge >= 0.3 is 0 Å². The first kappa shape index (κ1) is 13.6. The van der Waals surface area contributed by atoms with E-state index in [4.69, 9.17) is 0 Å². The lowest BCUT2D eigenvalue weighted by molar-refractivity contribution is -0.146. The summed E-state index contributed by atoms with van der Waals surface area (Å²) >= 11 is 0. The van der Waals surface area contributed by atoms with Crippen LogP contribution in [0.2, 0.25) is 0 Å². The Hall–Kier alpha value is -0.860. The van der Waals surface area contributed by atoms with Crippen LogP contribution in [0.3, 0.4) is 0 Å². The quantitative estimate of drug-likeness (QED) is 0.626. The van der Waals surface area contributed by atoms with Crippen molar-refractivity contribution < 1.29 is 4.79 Å². The maximum atomic E-state index is 12.8. The first-order valence-corrected chi connectivity index (χ1v) is 9.54. The van der Waals surface area contributed by atoms with E-state index < -0.39 is 0 Å². The maximum absolute atomic E-state index is 12.8. The summed E-state index contributed by atoms with van der Waals surface area (Å²) in [5.74, 6) is 5.15. The van der Waals surface area contributed by atoms with Crippen LogP contribution in [0.25, 0.3) is 0 Å². The third kappa shape index (κ3) is 2.07. The number of fused-ring (bicyclic) bond motifs is 2. The van der Waals surface area contributed by atoms with E-state index in [0.29, 0.717) is 5.92 Å². The predicted octanol–water partition coefficient (Wildman–Crippen LogP) is 3.74. The Kier molecular flexibility index (Phi) is 2.97. The molecular formula is C19H28N2O. The minimum Gasteiger partial charge on any atom is -0.273 e. The van der Waals surface area contributed by atoms with Gasteiger partial charge in [-0.05, 0) is 93.3 Å². The van der Waals surface area contributed by atoms with E-state index >= 15 is 0 Å². The van der Waals surface area contributed by atoms with Crippen molar-refractivity contribution in [2.45, 2.75) is 64.2 Å². The molecule has 3 nitrogen and oxygen atoms in total. The largest absolute Gasteiger partial charge is 0.273 e. The summed E-state index contributed by atoms with van der Waals surface area (Å²) < 4.78 is 0. The molecule has 120 valence electrons. The van der Waals surface area contributed by atoms with Gasteiger partial charge in [0.15, 0.2) is 0 Å². The smallest absolute Gasteiger partial charge is 0.246 e. The molecule has 0 aromatic heterocycles. The monoisotopic (exact) mass is 300 g/mol. The molecule has 0 saturated heterocycles. The van der Waals surface area contributed by atoms with Crippen LogP contribution < -0.4 is 5.43 Å². The topological polar surface area (TPSA) is 41.5 Å². The van der Waals surface area contributed by atoms with E-state index in [1.54, 1.807) is 0 Å². The van der Waals surface area contributed by atoms with Gasteiger partial charge in [0, 0.05) is 6.21 Å². The first-order chi connectivity index (χ1) is 10.7. The van der Waals surface area contributed by atoms with Crippen LogP contribution in [-0.2, 0) is 4.79 Å². The molecule has 1 amide bonds. The number of rotatable bonds is 3. The molecular weight excluding hydrogens is 272 g/mol. The molecule has 0 unspecified atom stereocenters. The van der Waals surface area contributed by atoms with E-state index in [-0.39, 0.29) is 11.3 Å². The molecule has 6 rings (SSSR count). The molecule has 3 heteroatoms. The second kappa shape index (κ2) is 4.82. The van der Waals surface area contributed by atoms with Crippen LogP contribution in [0.5, 0.6) is 0 Å². The molecule has 6 aliphatic carbocycles. The minimum absolute atomic E-state index is 0.0548. The van der Waals surface area contributed by atoms with Crippen molar-refractivity contribution in [2.24, 2.45) is 46.0 Å². The molecule has 0 heterocycles. The van der Waals surface area contributed by atoms with Gasteiger partial charge in [-0.25, -0.2) is 5.43 Å². The van der Waals surface area contributed by atoms with E-state index in [0.717, 1.165) is 48.9 Å². The normalized spacial score (nSPS) is 51.8. The van der Waals surface area contributed by atoms with Crippen molar-refractivity contribution >= 4 is 12.1 Å². The molecule has 1 N–H and O–H groups in total. The molecule has 22 heavy (non-hydrogen) atoms. The molecule has 0 spiro atoms. The van der Waals surface area contributed by atoms with Gasteiger partial charge in [0.25, 0.3) is 0 Å². The van der Waals surface area contributed by atoms with Crippen LogP contribution in [0.15, 0.2) is 5.10 Å². The zero-order chi connectivity index (χ0) is 14.7. The first-order valence-electron chi connectivity index (χ1n) is 9.54. The van der Waals surface area contributed by atoms with Gasteiger partial charge in [0.1, 0.15) is 0 Å². The predicted molar refractivity (Wildman–Crippen MR) is 86.2 cm³/mol. The number of carbonyl (C=O) groups excluding carboxylic acids is 1. The summed E-state index contributed by atoms with van der Waals surface area (Å²) in [6, 6.07) is 0. The molecule has 0 aromatic rings. The van der Waals surface area contributed by atoms with Gasteiger partial charge in [0.05, 0.1) is 5.41 Å². The van der Waals surface area contributed by atoms with E-state index in [1.807, 2.05) is 0 Å². The average molecular weight is 300 g/mol. The Morgan fingerprint density at radius 1 is 0.909 bits per heavy atom. The third-order valence-electron chi connectivity index (χ3n) is 7.74. The van der Waals surface area contributed by atoms with Gasteiger partial charge in [0.2, 0.25) is 5.91 Å². The van der Waals surface area contributed by atoms with Crippen molar-refractivity contribution in [2.75, 3.05) is 0 Å². The van der Waals surface area contributed by atoms with E-state index in [9.17, 15) is 4.79 Å². The highest BCUT2D eigenvalue weighted by atomic mass is 16.2. The second-order valence-corrected chi connectivity index (χ2v) is 9.26. The Morgan fingerprint density at radius 2 is 1.59 bits per heavy atom. The van der Waals surface area contributed by atoms with E-state index in [2.05, 4.69) is 16.7 Å². The molecule has 6 fully saturated rings. The SMILES string of the molecule is O=C(N/N=C\[C@H]1C[C@@H]2CC[C@@H]1C2)C12CC3CC(CC(C3)C1)C2. The highest BCUT2D eigenvalue weighted by Crippen LogP contribution is 2.60. The number of hydrogen-bond donors (Lipinski definition) is 1. The van der Waals surface area contributed by atoms with Crippen molar-refractivity contribution in [3.05, 3.63) is 0 Å². The van der Waals surface area contributed by atoms with Crippen LogP contribution in [0, 0.1) is 40.9 Å². The lowest BCUT2D eigenvalue weighted by atomic mass is 9.49. The average Bonchev–Trinajstić information content (AvgIpc) is 3.08. The zero-order valence-electron chi connectivity index (χ0n) is 13.5. The molecule has 3 atom stereocenters. The lowest BCUT2D eigenvalue weighted by Gasteiger charge is -2.55. The lowest BCUT2D eigenvalue weighted by Crippen LogP contribution is -2.52. The maximum Gasteiger partial charge on any atom is 0.246 e. The number of amides is 1. The van der Waals surface area contributed by atoms with Crippen molar-refractivity contribution in [3.63, 3.8) is 0 Å². The van der Waals surface area contributed by atoms with Crippen molar-refractivity contribution in [1.82, 2.24) is 5.43 Å². The Bertz CT molecular complexity index is 476. The number of nitrogens with zero attached hydrogens (tertiary/aromatic N) is 1. The van der Waals surface area contributed by atoms with Crippen LogP contribution in [-0.4, -0.2) is 12.1 Å². The summed E-state index contributed by atoms with van der Waals surface area (Å²) in [6.45, 7) is 0. The highest BCUT2D eigenvalue weighted by molar-refractivity contribution is 5.83. The molecule has 0 radical (unpaired) electrons. The summed E-state index contributed by atoms with van der Waals surface area (Å²) in [4.78, 5) is 12.8. The fraction of sp³-hybridized carbons (Fsp3) is 0.895.